The Morgan fingerprint density at radius 2 is 1.96 bits per heavy atom. The average Bonchev–Trinajstić information content (AvgIpc) is 3.04. The Labute approximate surface area is 151 Å². The number of fused-ring (bicyclic) bond motifs is 1. The molecule has 0 saturated carbocycles. The van der Waals surface area contributed by atoms with Gasteiger partial charge in [0.2, 0.25) is 0 Å². The van der Waals surface area contributed by atoms with Crippen LogP contribution >= 0.6 is 11.6 Å². The van der Waals surface area contributed by atoms with Gasteiger partial charge < -0.3 is 9.30 Å². The van der Waals surface area contributed by atoms with Gasteiger partial charge in [-0.2, -0.15) is 5.26 Å². The highest BCUT2D eigenvalue weighted by Gasteiger charge is 2.20. The van der Waals surface area contributed by atoms with Crippen LogP contribution in [0.25, 0.3) is 5.65 Å². The van der Waals surface area contributed by atoms with Gasteiger partial charge in [-0.15, -0.1) is 0 Å². The molecular formula is C19H18ClN5. The second-order valence-electron chi connectivity index (χ2n) is 6.23. The summed E-state index contributed by atoms with van der Waals surface area (Å²) in [5.41, 5.74) is 3.68. The van der Waals surface area contributed by atoms with Crippen molar-refractivity contribution in [3.8, 4) is 6.07 Å². The molecule has 25 heavy (non-hydrogen) atoms. The molecule has 4 rings (SSSR count). The third kappa shape index (κ3) is 3.32. The number of benzene rings is 1. The van der Waals surface area contributed by atoms with Gasteiger partial charge in [-0.25, -0.2) is 4.98 Å². The number of hydrogen-bond acceptors (Lipinski definition) is 4. The molecule has 1 aromatic carbocycles. The van der Waals surface area contributed by atoms with Gasteiger partial charge in [-0.3, -0.25) is 4.90 Å². The Hall–Kier alpha value is -2.55. The zero-order valence-electron chi connectivity index (χ0n) is 13.8. The van der Waals surface area contributed by atoms with Gasteiger partial charge in [0, 0.05) is 50.1 Å². The fraction of sp³-hybridized carbons (Fsp3) is 0.263. The summed E-state index contributed by atoms with van der Waals surface area (Å²) in [4.78, 5) is 9.33. The number of pyridine rings is 1. The van der Waals surface area contributed by atoms with E-state index in [0.29, 0.717) is 10.6 Å². The Balaban J connectivity index is 1.42. The summed E-state index contributed by atoms with van der Waals surface area (Å²) in [7, 11) is 0. The molecule has 3 heterocycles. The minimum absolute atomic E-state index is 0.603. The zero-order valence-corrected chi connectivity index (χ0v) is 14.5. The number of imidazole rings is 1. The first kappa shape index (κ1) is 15.9. The van der Waals surface area contributed by atoms with E-state index < -0.39 is 0 Å². The quantitative estimate of drug-likeness (QED) is 0.727. The first-order chi connectivity index (χ1) is 12.2. The van der Waals surface area contributed by atoms with E-state index in [1.165, 1.54) is 0 Å². The maximum atomic E-state index is 9.33. The number of nitriles is 1. The van der Waals surface area contributed by atoms with Crippen LogP contribution in [0.1, 0.15) is 11.3 Å². The van der Waals surface area contributed by atoms with Crippen LogP contribution in [0.2, 0.25) is 5.02 Å². The highest BCUT2D eigenvalue weighted by Crippen LogP contribution is 2.25. The predicted molar refractivity (Wildman–Crippen MR) is 98.8 cm³/mol. The molecule has 0 atom stereocenters. The first-order valence-corrected chi connectivity index (χ1v) is 8.70. The van der Waals surface area contributed by atoms with Gasteiger partial charge in [0.05, 0.1) is 16.9 Å². The predicted octanol–water partition coefficient (Wildman–Crippen LogP) is 3.18. The van der Waals surface area contributed by atoms with Crippen LogP contribution in [0.15, 0.2) is 48.8 Å². The smallest absolute Gasteiger partial charge is 0.137 e. The Morgan fingerprint density at radius 1 is 1.12 bits per heavy atom. The van der Waals surface area contributed by atoms with Crippen LogP contribution in [0.5, 0.6) is 0 Å². The third-order valence-corrected chi connectivity index (χ3v) is 4.83. The van der Waals surface area contributed by atoms with Crippen LogP contribution in [0.3, 0.4) is 0 Å². The van der Waals surface area contributed by atoms with Crippen molar-refractivity contribution in [3.63, 3.8) is 0 Å². The van der Waals surface area contributed by atoms with Crippen LogP contribution in [-0.4, -0.2) is 40.5 Å². The minimum Gasteiger partial charge on any atom is -0.368 e. The van der Waals surface area contributed by atoms with Crippen LogP contribution in [0.4, 0.5) is 5.69 Å². The monoisotopic (exact) mass is 351 g/mol. The van der Waals surface area contributed by atoms with Crippen molar-refractivity contribution < 1.29 is 0 Å². The lowest BCUT2D eigenvalue weighted by Crippen LogP contribution is -2.46. The highest BCUT2D eigenvalue weighted by atomic mass is 35.5. The minimum atomic E-state index is 0.603. The number of nitrogens with zero attached hydrogens (tertiary/aromatic N) is 5. The van der Waals surface area contributed by atoms with Gasteiger partial charge in [0.15, 0.2) is 0 Å². The molecule has 6 heteroatoms. The van der Waals surface area contributed by atoms with Crippen molar-refractivity contribution in [1.82, 2.24) is 14.3 Å². The van der Waals surface area contributed by atoms with E-state index in [-0.39, 0.29) is 0 Å². The SMILES string of the molecule is N#Cc1cc(Cl)ccc1N1CCN(Cc2cn3ccccc3n2)CC1. The van der Waals surface area contributed by atoms with Crippen molar-refractivity contribution >= 4 is 22.9 Å². The fourth-order valence-corrected chi connectivity index (χ4v) is 3.49. The molecule has 0 unspecified atom stereocenters. The maximum Gasteiger partial charge on any atom is 0.137 e. The van der Waals surface area contributed by atoms with E-state index in [1.807, 2.05) is 36.5 Å². The standard InChI is InChI=1S/C19H18ClN5/c20-16-4-5-18(15(11-16)12-21)24-9-7-23(8-10-24)13-17-14-25-6-2-1-3-19(25)22-17/h1-6,11,14H,7-10,13H2. The molecule has 1 aliphatic heterocycles. The summed E-state index contributed by atoms with van der Waals surface area (Å²) in [5, 5.41) is 9.94. The molecule has 2 aromatic heterocycles. The van der Waals surface area contributed by atoms with Crippen molar-refractivity contribution in [2.75, 3.05) is 31.1 Å². The molecule has 126 valence electrons. The highest BCUT2D eigenvalue weighted by molar-refractivity contribution is 6.30. The second-order valence-corrected chi connectivity index (χ2v) is 6.67. The lowest BCUT2D eigenvalue weighted by molar-refractivity contribution is 0.247. The summed E-state index contributed by atoms with van der Waals surface area (Å²) in [6.07, 6.45) is 4.11. The molecule has 1 saturated heterocycles. The van der Waals surface area contributed by atoms with Crippen molar-refractivity contribution in [2.24, 2.45) is 0 Å². The molecule has 0 spiro atoms. The van der Waals surface area contributed by atoms with E-state index in [9.17, 15) is 5.26 Å². The van der Waals surface area contributed by atoms with Crippen molar-refractivity contribution in [1.29, 1.82) is 5.26 Å². The lowest BCUT2D eigenvalue weighted by atomic mass is 10.1. The number of anilines is 1. The van der Waals surface area contributed by atoms with Gasteiger partial charge in [-0.1, -0.05) is 17.7 Å². The summed E-state index contributed by atoms with van der Waals surface area (Å²) < 4.78 is 2.05. The third-order valence-electron chi connectivity index (χ3n) is 4.59. The topological polar surface area (TPSA) is 47.6 Å². The molecule has 0 amide bonds. The van der Waals surface area contributed by atoms with Crippen molar-refractivity contribution in [2.45, 2.75) is 6.54 Å². The molecule has 1 fully saturated rings. The van der Waals surface area contributed by atoms with Gasteiger partial charge >= 0.3 is 0 Å². The van der Waals surface area contributed by atoms with E-state index in [2.05, 4.69) is 31.5 Å². The normalized spacial score (nSPS) is 15.4. The molecule has 0 radical (unpaired) electrons. The summed E-state index contributed by atoms with van der Waals surface area (Å²) in [6, 6.07) is 13.8. The van der Waals surface area contributed by atoms with Gasteiger partial charge in [0.1, 0.15) is 11.7 Å². The first-order valence-electron chi connectivity index (χ1n) is 8.32. The molecule has 0 aliphatic carbocycles. The van der Waals surface area contributed by atoms with Crippen molar-refractivity contribution in [3.05, 3.63) is 65.1 Å². The fourth-order valence-electron chi connectivity index (χ4n) is 3.31. The lowest BCUT2D eigenvalue weighted by Gasteiger charge is -2.36. The molecule has 3 aromatic rings. The number of rotatable bonds is 3. The molecule has 0 N–H and O–H groups in total. The molecule has 5 nitrogen and oxygen atoms in total. The summed E-state index contributed by atoms with van der Waals surface area (Å²) in [6.45, 7) is 4.53. The Bertz CT molecular complexity index is 901. The van der Waals surface area contributed by atoms with E-state index in [0.717, 1.165) is 49.8 Å². The zero-order chi connectivity index (χ0) is 17.2. The van der Waals surface area contributed by atoms with E-state index in [1.54, 1.807) is 6.07 Å². The van der Waals surface area contributed by atoms with Crippen LogP contribution in [-0.2, 0) is 6.54 Å². The molecule has 0 bridgehead atoms. The number of aromatic nitrogens is 2. The van der Waals surface area contributed by atoms with Gasteiger partial charge in [0.25, 0.3) is 0 Å². The Kier molecular flexibility index (Phi) is 4.31. The van der Waals surface area contributed by atoms with E-state index >= 15 is 0 Å². The molecule has 1 aliphatic rings. The molecular weight excluding hydrogens is 334 g/mol. The van der Waals surface area contributed by atoms with Crippen LogP contribution in [0, 0.1) is 11.3 Å². The Morgan fingerprint density at radius 3 is 2.72 bits per heavy atom. The maximum absolute atomic E-state index is 9.33. The summed E-state index contributed by atoms with van der Waals surface area (Å²) in [5.74, 6) is 0. The second kappa shape index (κ2) is 6.75. The van der Waals surface area contributed by atoms with Crippen LogP contribution < -0.4 is 4.90 Å². The number of hydrogen-bond donors (Lipinski definition) is 0. The number of piperazine rings is 1. The van der Waals surface area contributed by atoms with Gasteiger partial charge in [-0.05, 0) is 30.3 Å². The van der Waals surface area contributed by atoms with E-state index in [4.69, 9.17) is 11.6 Å². The number of halogens is 1. The average molecular weight is 352 g/mol. The largest absolute Gasteiger partial charge is 0.368 e. The summed E-state index contributed by atoms with van der Waals surface area (Å²) >= 11 is 5.99.